The van der Waals surface area contributed by atoms with Gasteiger partial charge in [-0.05, 0) is 12.1 Å². The third-order valence-electron chi connectivity index (χ3n) is 1.82. The molecule has 0 aliphatic heterocycles. The Hall–Kier alpha value is -1.55. The standard InChI is InChI=1S/C9H6ClNO3/c10-6-1-5(2-8(12)13)9-7(3-6)11-4-14-9/h1,3-4H,2H2,(H,12,13). The Morgan fingerprint density at radius 3 is 3.07 bits per heavy atom. The van der Waals surface area contributed by atoms with Crippen LogP contribution in [-0.4, -0.2) is 16.1 Å². The van der Waals surface area contributed by atoms with Gasteiger partial charge in [0.05, 0.1) is 6.42 Å². The molecular formula is C9H6ClNO3. The zero-order valence-electron chi connectivity index (χ0n) is 7.03. The lowest BCUT2D eigenvalue weighted by atomic mass is 10.1. The fraction of sp³-hybridized carbons (Fsp3) is 0.111. The largest absolute Gasteiger partial charge is 0.481 e. The number of nitrogens with zero attached hydrogens (tertiary/aromatic N) is 1. The highest BCUT2D eigenvalue weighted by Gasteiger charge is 2.10. The van der Waals surface area contributed by atoms with Crippen LogP contribution >= 0.6 is 11.6 Å². The van der Waals surface area contributed by atoms with Crippen LogP contribution < -0.4 is 0 Å². The normalized spacial score (nSPS) is 10.6. The molecule has 4 nitrogen and oxygen atoms in total. The number of carbonyl (C=O) groups is 1. The first kappa shape index (κ1) is 9.02. The van der Waals surface area contributed by atoms with Gasteiger partial charge in [-0.1, -0.05) is 11.6 Å². The molecule has 1 N–H and O–H groups in total. The summed E-state index contributed by atoms with van der Waals surface area (Å²) in [5, 5.41) is 9.11. The lowest BCUT2D eigenvalue weighted by Gasteiger charge is -1.98. The van der Waals surface area contributed by atoms with Crippen molar-refractivity contribution >= 4 is 28.7 Å². The van der Waals surface area contributed by atoms with Crippen molar-refractivity contribution in [3.8, 4) is 0 Å². The maximum atomic E-state index is 10.5. The molecule has 0 spiro atoms. The van der Waals surface area contributed by atoms with E-state index in [2.05, 4.69) is 4.98 Å². The number of hydrogen-bond donors (Lipinski definition) is 1. The number of hydrogen-bond acceptors (Lipinski definition) is 3. The van der Waals surface area contributed by atoms with E-state index in [4.69, 9.17) is 21.1 Å². The summed E-state index contributed by atoms with van der Waals surface area (Å²) in [7, 11) is 0. The average molecular weight is 212 g/mol. The number of aromatic nitrogens is 1. The molecule has 0 amide bonds. The summed E-state index contributed by atoms with van der Waals surface area (Å²) in [6, 6.07) is 3.20. The number of aliphatic carboxylic acids is 1. The van der Waals surface area contributed by atoms with E-state index in [0.717, 1.165) is 0 Å². The average Bonchev–Trinajstić information content (AvgIpc) is 2.50. The van der Waals surface area contributed by atoms with Crippen LogP contribution in [-0.2, 0) is 11.2 Å². The summed E-state index contributed by atoms with van der Waals surface area (Å²) in [6.07, 6.45) is 1.15. The maximum Gasteiger partial charge on any atom is 0.307 e. The third kappa shape index (κ3) is 1.56. The van der Waals surface area contributed by atoms with Crippen LogP contribution in [0.2, 0.25) is 5.02 Å². The molecule has 2 aromatic rings. The van der Waals surface area contributed by atoms with Gasteiger partial charge < -0.3 is 9.52 Å². The molecule has 1 heterocycles. The summed E-state index contributed by atoms with van der Waals surface area (Å²) in [5.74, 6) is -0.926. The van der Waals surface area contributed by atoms with E-state index in [0.29, 0.717) is 21.7 Å². The monoisotopic (exact) mass is 211 g/mol. The second-order valence-electron chi connectivity index (χ2n) is 2.84. The van der Waals surface area contributed by atoms with Crippen molar-refractivity contribution in [3.63, 3.8) is 0 Å². The fourth-order valence-electron chi connectivity index (χ4n) is 1.30. The summed E-state index contributed by atoms with van der Waals surface area (Å²) in [4.78, 5) is 14.4. The van der Waals surface area contributed by atoms with Crippen molar-refractivity contribution in [1.82, 2.24) is 4.98 Å². The summed E-state index contributed by atoms with van der Waals surface area (Å²) in [5.41, 5.74) is 1.60. The summed E-state index contributed by atoms with van der Waals surface area (Å²) < 4.78 is 5.07. The van der Waals surface area contributed by atoms with Crippen molar-refractivity contribution in [1.29, 1.82) is 0 Å². The molecule has 1 aromatic carbocycles. The van der Waals surface area contributed by atoms with Crippen LogP contribution in [0.3, 0.4) is 0 Å². The molecule has 5 heteroatoms. The van der Waals surface area contributed by atoms with Crippen molar-refractivity contribution in [2.75, 3.05) is 0 Å². The number of fused-ring (bicyclic) bond motifs is 1. The molecule has 0 aliphatic carbocycles. The van der Waals surface area contributed by atoms with Crippen LogP contribution in [0.15, 0.2) is 22.9 Å². The van der Waals surface area contributed by atoms with Crippen LogP contribution in [0, 0.1) is 0 Å². The molecule has 0 unspecified atom stereocenters. The molecule has 0 bridgehead atoms. The first-order valence-corrected chi connectivity index (χ1v) is 4.28. The Bertz CT molecular complexity index is 492. The molecule has 0 saturated heterocycles. The van der Waals surface area contributed by atoms with Crippen LogP contribution in [0.25, 0.3) is 11.1 Å². The van der Waals surface area contributed by atoms with Gasteiger partial charge in [0.25, 0.3) is 0 Å². The van der Waals surface area contributed by atoms with Crippen molar-refractivity contribution < 1.29 is 14.3 Å². The highest BCUT2D eigenvalue weighted by molar-refractivity contribution is 6.31. The lowest BCUT2D eigenvalue weighted by molar-refractivity contribution is -0.136. The molecule has 14 heavy (non-hydrogen) atoms. The van der Waals surface area contributed by atoms with E-state index in [1.807, 2.05) is 0 Å². The molecule has 0 atom stereocenters. The molecule has 0 radical (unpaired) electrons. The maximum absolute atomic E-state index is 10.5. The van der Waals surface area contributed by atoms with Crippen molar-refractivity contribution in [3.05, 3.63) is 29.1 Å². The van der Waals surface area contributed by atoms with Gasteiger partial charge in [-0.2, -0.15) is 0 Å². The van der Waals surface area contributed by atoms with E-state index in [9.17, 15) is 4.79 Å². The van der Waals surface area contributed by atoms with E-state index in [-0.39, 0.29) is 6.42 Å². The zero-order chi connectivity index (χ0) is 10.1. The predicted octanol–water partition coefficient (Wildman–Crippen LogP) is 2.11. The van der Waals surface area contributed by atoms with Crippen LogP contribution in [0.1, 0.15) is 5.56 Å². The SMILES string of the molecule is O=C(O)Cc1cc(Cl)cc2ncoc12. The van der Waals surface area contributed by atoms with Gasteiger partial charge >= 0.3 is 5.97 Å². The van der Waals surface area contributed by atoms with Gasteiger partial charge in [-0.3, -0.25) is 4.79 Å². The minimum absolute atomic E-state index is 0.119. The quantitative estimate of drug-likeness (QED) is 0.826. The van der Waals surface area contributed by atoms with Crippen molar-refractivity contribution in [2.45, 2.75) is 6.42 Å². The molecule has 2 rings (SSSR count). The zero-order valence-corrected chi connectivity index (χ0v) is 7.78. The number of benzene rings is 1. The number of oxazole rings is 1. The Morgan fingerprint density at radius 2 is 2.36 bits per heavy atom. The number of rotatable bonds is 2. The summed E-state index contributed by atoms with van der Waals surface area (Å²) in [6.45, 7) is 0. The van der Waals surface area contributed by atoms with E-state index in [1.165, 1.54) is 6.39 Å². The Kier molecular flexibility index (Phi) is 2.13. The first-order valence-electron chi connectivity index (χ1n) is 3.90. The molecule has 0 saturated carbocycles. The predicted molar refractivity (Wildman–Crippen MR) is 50.4 cm³/mol. The molecule has 0 aliphatic rings. The topological polar surface area (TPSA) is 63.3 Å². The van der Waals surface area contributed by atoms with Crippen LogP contribution in [0.5, 0.6) is 0 Å². The lowest BCUT2D eigenvalue weighted by Crippen LogP contribution is -2.00. The minimum atomic E-state index is -0.926. The van der Waals surface area contributed by atoms with Gasteiger partial charge in [-0.25, -0.2) is 4.98 Å². The van der Waals surface area contributed by atoms with Gasteiger partial charge in [-0.15, -0.1) is 0 Å². The van der Waals surface area contributed by atoms with E-state index in [1.54, 1.807) is 12.1 Å². The highest BCUT2D eigenvalue weighted by Crippen LogP contribution is 2.23. The Morgan fingerprint density at radius 1 is 1.57 bits per heavy atom. The van der Waals surface area contributed by atoms with Gasteiger partial charge in [0.2, 0.25) is 0 Å². The minimum Gasteiger partial charge on any atom is -0.481 e. The number of carboxylic acids is 1. The van der Waals surface area contributed by atoms with Gasteiger partial charge in [0, 0.05) is 10.6 Å². The Labute approximate surface area is 84.1 Å². The van der Waals surface area contributed by atoms with Crippen molar-refractivity contribution in [2.24, 2.45) is 0 Å². The number of halogens is 1. The smallest absolute Gasteiger partial charge is 0.307 e. The Balaban J connectivity index is 2.60. The fourth-order valence-corrected chi connectivity index (χ4v) is 1.53. The molecule has 0 fully saturated rings. The second-order valence-corrected chi connectivity index (χ2v) is 3.27. The molecule has 72 valence electrons. The van der Waals surface area contributed by atoms with E-state index < -0.39 is 5.97 Å². The van der Waals surface area contributed by atoms with Gasteiger partial charge in [0.15, 0.2) is 12.0 Å². The third-order valence-corrected chi connectivity index (χ3v) is 2.03. The highest BCUT2D eigenvalue weighted by atomic mass is 35.5. The molecule has 1 aromatic heterocycles. The molecular weight excluding hydrogens is 206 g/mol. The van der Waals surface area contributed by atoms with Gasteiger partial charge in [0.1, 0.15) is 5.52 Å². The van der Waals surface area contributed by atoms with Crippen LogP contribution in [0.4, 0.5) is 0 Å². The van der Waals surface area contributed by atoms with E-state index >= 15 is 0 Å². The number of carboxylic acid groups (broad SMARTS) is 1. The summed E-state index contributed by atoms with van der Waals surface area (Å²) >= 11 is 5.79. The first-order chi connectivity index (χ1) is 6.66. The second kappa shape index (κ2) is 3.31.